The van der Waals surface area contributed by atoms with Gasteiger partial charge in [-0.2, -0.15) is 5.10 Å². The van der Waals surface area contributed by atoms with Gasteiger partial charge in [0, 0.05) is 40.4 Å². The van der Waals surface area contributed by atoms with Gasteiger partial charge >= 0.3 is 0 Å². The van der Waals surface area contributed by atoms with Crippen LogP contribution in [0.3, 0.4) is 0 Å². The number of Topliss-reactive ketones (excluding diaryl/α,β-unsaturated/α-hetero) is 1. The van der Waals surface area contributed by atoms with E-state index in [1.165, 1.54) is 11.1 Å². The number of ketones is 1. The zero-order chi connectivity index (χ0) is 28.0. The molecule has 0 saturated carbocycles. The van der Waals surface area contributed by atoms with Crippen LogP contribution < -0.4 is 0 Å². The van der Waals surface area contributed by atoms with Crippen LogP contribution in [0.4, 0.5) is 0 Å². The van der Waals surface area contributed by atoms with E-state index < -0.39 is 5.41 Å². The van der Waals surface area contributed by atoms with E-state index >= 15 is 0 Å². The molecule has 3 atom stereocenters. The first kappa shape index (κ1) is 26.0. The number of carbonyl (C=O) groups excluding carboxylic acids is 1. The highest BCUT2D eigenvalue weighted by Crippen LogP contribution is 2.53. The number of allylic oxidation sites excluding steroid dienone is 2. The zero-order valence-corrected chi connectivity index (χ0v) is 23.6. The van der Waals surface area contributed by atoms with Crippen molar-refractivity contribution in [3.8, 4) is 28.1 Å². The van der Waals surface area contributed by atoms with E-state index in [-0.39, 0.29) is 23.3 Å². The maximum Gasteiger partial charge on any atom is 0.226 e. The van der Waals surface area contributed by atoms with Gasteiger partial charge in [0.25, 0.3) is 0 Å². The number of aryl methyl sites for hydroxylation is 2. The van der Waals surface area contributed by atoms with E-state index in [9.17, 15) is 4.79 Å². The molecule has 2 aliphatic rings. The molecule has 2 aromatic carbocycles. The third-order valence-corrected chi connectivity index (χ3v) is 8.85. The Labute approximate surface area is 236 Å². The molecule has 2 heterocycles. The molecule has 0 spiro atoms. The highest BCUT2D eigenvalue weighted by atomic mass is 16.1. The van der Waals surface area contributed by atoms with Gasteiger partial charge in [0.1, 0.15) is 0 Å². The summed E-state index contributed by atoms with van der Waals surface area (Å²) in [6.07, 6.45) is 9.21. The minimum Gasteiger partial charge on any atom is -0.308 e. The lowest BCUT2D eigenvalue weighted by Gasteiger charge is -2.46. The Hall–Kier alpha value is -4.30. The Morgan fingerprint density at radius 3 is 2.40 bits per heavy atom. The van der Waals surface area contributed by atoms with Gasteiger partial charge in [0.05, 0.1) is 23.6 Å². The summed E-state index contributed by atoms with van der Waals surface area (Å²) in [5.74, 6) is 0.0141. The average molecular weight is 527 g/mol. The first-order valence-electron chi connectivity index (χ1n) is 14.2. The van der Waals surface area contributed by atoms with E-state index in [1.54, 1.807) is 0 Å². The number of benzene rings is 2. The predicted octanol–water partition coefficient (Wildman–Crippen LogP) is 7.84. The van der Waals surface area contributed by atoms with Crippen molar-refractivity contribution >= 4 is 5.78 Å². The number of hydrogen-bond acceptors (Lipinski definition) is 3. The highest BCUT2D eigenvalue weighted by molar-refractivity contribution is 6.00. The summed E-state index contributed by atoms with van der Waals surface area (Å²) >= 11 is 0. The van der Waals surface area contributed by atoms with E-state index in [1.807, 2.05) is 18.5 Å². The summed E-state index contributed by atoms with van der Waals surface area (Å²) < 4.78 is 2.09. The van der Waals surface area contributed by atoms with Crippen LogP contribution >= 0.6 is 0 Å². The molecule has 40 heavy (non-hydrogen) atoms. The number of aromatic nitrogens is 3. The van der Waals surface area contributed by atoms with Crippen LogP contribution in [0.15, 0.2) is 78.8 Å². The second kappa shape index (κ2) is 10.0. The van der Waals surface area contributed by atoms with E-state index in [2.05, 4.69) is 96.8 Å². The van der Waals surface area contributed by atoms with Gasteiger partial charge < -0.3 is 4.79 Å². The van der Waals surface area contributed by atoms with E-state index in [0.717, 1.165) is 65.0 Å². The van der Waals surface area contributed by atoms with Gasteiger partial charge in [-0.05, 0) is 68.4 Å². The van der Waals surface area contributed by atoms with Gasteiger partial charge in [0.2, 0.25) is 5.70 Å². The third kappa shape index (κ3) is 4.19. The molecule has 4 aromatic rings. The minimum atomic E-state index is -0.476. The van der Waals surface area contributed by atoms with Crippen molar-refractivity contribution < 1.29 is 4.79 Å². The average Bonchev–Trinajstić information content (AvgIpc) is 3.36. The Balaban J connectivity index is 1.56. The molecule has 2 aromatic heterocycles. The molecule has 0 saturated heterocycles. The van der Waals surface area contributed by atoms with Gasteiger partial charge in [-0.1, -0.05) is 68.3 Å². The molecule has 0 amide bonds. The summed E-state index contributed by atoms with van der Waals surface area (Å²) in [7, 11) is 0. The summed E-state index contributed by atoms with van der Waals surface area (Å²) in [5, 5.41) is 5.27. The number of fused-ring (bicyclic) bond motifs is 3. The number of hydrogen-bond donors (Lipinski definition) is 0. The molecule has 0 bridgehead atoms. The topological polar surface area (TPSA) is 52.1 Å². The molecule has 200 valence electrons. The van der Waals surface area contributed by atoms with Crippen molar-refractivity contribution in [2.45, 2.75) is 58.8 Å². The molecule has 6 rings (SSSR count). The summed E-state index contributed by atoms with van der Waals surface area (Å²) in [5.41, 5.74) is 9.71. The molecule has 0 radical (unpaired) electrons. The quantitative estimate of drug-likeness (QED) is 0.249. The van der Waals surface area contributed by atoms with Crippen LogP contribution in [0.25, 0.3) is 32.9 Å². The zero-order valence-electron chi connectivity index (χ0n) is 23.6. The normalized spacial score (nSPS) is 21.8. The first-order chi connectivity index (χ1) is 19.3. The van der Waals surface area contributed by atoms with Crippen LogP contribution in [0, 0.1) is 32.3 Å². The predicted molar refractivity (Wildman–Crippen MR) is 159 cm³/mol. The summed E-state index contributed by atoms with van der Waals surface area (Å²) in [4.78, 5) is 21.4. The molecule has 0 aliphatic heterocycles. The third-order valence-electron chi connectivity index (χ3n) is 8.85. The SMILES string of the molecule is [C-]#[N+]C1=C[C@@]2(C)c3c(c(-c4ccc(C)cc4)nn3-c3ccc(-c4cncc(C)c4)cc3)CC[C@@H]2[C@@H](CCC)C1=O. The maximum absolute atomic E-state index is 13.4. The lowest BCUT2D eigenvalue weighted by atomic mass is 9.57. The number of rotatable bonds is 5. The second-order valence-corrected chi connectivity index (χ2v) is 11.6. The van der Waals surface area contributed by atoms with Gasteiger partial charge in [-0.3, -0.25) is 4.98 Å². The van der Waals surface area contributed by atoms with E-state index in [0.29, 0.717) is 0 Å². The molecule has 2 aliphatic carbocycles. The lowest BCUT2D eigenvalue weighted by Crippen LogP contribution is -2.47. The van der Waals surface area contributed by atoms with Crippen LogP contribution in [0.2, 0.25) is 0 Å². The molecular weight excluding hydrogens is 492 g/mol. The number of nitrogens with zero attached hydrogens (tertiary/aromatic N) is 4. The minimum absolute atomic E-state index is 0.0173. The molecule has 0 fully saturated rings. The van der Waals surface area contributed by atoms with Gasteiger partial charge in [-0.25, -0.2) is 9.53 Å². The van der Waals surface area contributed by atoms with Crippen molar-refractivity contribution in [1.29, 1.82) is 0 Å². The summed E-state index contributed by atoms with van der Waals surface area (Å²) in [6, 6.07) is 19.2. The molecule has 0 N–H and O–H groups in total. The van der Waals surface area contributed by atoms with Gasteiger partial charge in [-0.15, -0.1) is 0 Å². The van der Waals surface area contributed by atoms with Crippen molar-refractivity contribution in [1.82, 2.24) is 14.8 Å². The fourth-order valence-corrected chi connectivity index (χ4v) is 6.91. The van der Waals surface area contributed by atoms with Crippen molar-refractivity contribution in [3.63, 3.8) is 0 Å². The molecular formula is C35H34N4O. The summed E-state index contributed by atoms with van der Waals surface area (Å²) in [6.45, 7) is 16.3. The van der Waals surface area contributed by atoms with Crippen LogP contribution in [0.1, 0.15) is 55.5 Å². The molecule has 5 nitrogen and oxygen atoms in total. The van der Waals surface area contributed by atoms with Crippen LogP contribution in [-0.2, 0) is 16.6 Å². The van der Waals surface area contributed by atoms with Crippen molar-refractivity contribution in [2.75, 3.05) is 0 Å². The fourth-order valence-electron chi connectivity index (χ4n) is 6.91. The molecule has 0 unspecified atom stereocenters. The van der Waals surface area contributed by atoms with E-state index in [4.69, 9.17) is 11.7 Å². The second-order valence-electron chi connectivity index (χ2n) is 11.6. The lowest BCUT2D eigenvalue weighted by molar-refractivity contribution is -0.122. The van der Waals surface area contributed by atoms with Gasteiger partial charge in [0.15, 0.2) is 5.78 Å². The van der Waals surface area contributed by atoms with Crippen LogP contribution in [-0.4, -0.2) is 20.5 Å². The van der Waals surface area contributed by atoms with Crippen molar-refractivity contribution in [2.24, 2.45) is 11.8 Å². The van der Waals surface area contributed by atoms with Crippen molar-refractivity contribution in [3.05, 3.63) is 113 Å². The Bertz CT molecular complexity index is 1670. The first-order valence-corrected chi connectivity index (χ1v) is 14.2. The van der Waals surface area contributed by atoms with Crippen LogP contribution in [0.5, 0.6) is 0 Å². The Kier molecular flexibility index (Phi) is 6.50. The fraction of sp³-hybridized carbons (Fsp3) is 0.314. The maximum atomic E-state index is 13.4. The monoisotopic (exact) mass is 526 g/mol. The number of carbonyl (C=O) groups is 1. The Morgan fingerprint density at radius 2 is 1.73 bits per heavy atom. The molecule has 5 heteroatoms. The largest absolute Gasteiger partial charge is 0.308 e. The standard InChI is InChI=1S/C35H34N4O/c1-6-7-28-30-17-16-29-32(25-10-8-22(2)9-11-25)38-39(34(29)35(30,4)19-31(36-5)33(28)40)27-14-12-24(13-15-27)26-18-23(3)20-37-21-26/h8-15,18-21,28,30H,6-7,16-17H2,1-4H3/t28-,30-,35-/m1/s1. The highest BCUT2D eigenvalue weighted by Gasteiger charge is 2.51. The smallest absolute Gasteiger partial charge is 0.226 e. The number of pyridine rings is 1. The Morgan fingerprint density at radius 1 is 1.00 bits per heavy atom.